The molecule has 3 heteroatoms. The van der Waals surface area contributed by atoms with E-state index in [0.717, 1.165) is 25.0 Å². The Morgan fingerprint density at radius 3 is 2.92 bits per heavy atom. The first-order chi connectivity index (χ1) is 6.24. The number of ether oxygens (including phenoxy) is 1. The van der Waals surface area contributed by atoms with Gasteiger partial charge in [0.15, 0.2) is 0 Å². The smallest absolute Gasteiger partial charge is 0.246 e. The van der Waals surface area contributed by atoms with Crippen molar-refractivity contribution in [2.24, 2.45) is 0 Å². The Labute approximate surface area is 79.2 Å². The third-order valence-corrected chi connectivity index (χ3v) is 2.29. The largest absolute Gasteiger partial charge is 0.379 e. The Kier molecular flexibility index (Phi) is 3.96. The average Bonchev–Trinajstić information content (AvgIpc) is 2.18. The molecular weight excluding hydrogens is 166 g/mol. The van der Waals surface area contributed by atoms with Crippen LogP contribution in [0, 0.1) is 0 Å². The van der Waals surface area contributed by atoms with Crippen molar-refractivity contribution in [3.05, 3.63) is 11.6 Å². The van der Waals surface area contributed by atoms with Crippen molar-refractivity contribution in [1.82, 2.24) is 5.32 Å². The van der Waals surface area contributed by atoms with Gasteiger partial charge in [-0.2, -0.15) is 0 Å². The molecule has 1 heterocycles. The predicted octanol–water partition coefficient (Wildman–Crippen LogP) is 1.25. The summed E-state index contributed by atoms with van der Waals surface area (Å²) in [6, 6.07) is 0.205. The van der Waals surface area contributed by atoms with Crippen LogP contribution in [0.2, 0.25) is 0 Å². The summed E-state index contributed by atoms with van der Waals surface area (Å²) in [4.78, 5) is 11.4. The molecule has 0 radical (unpaired) electrons. The summed E-state index contributed by atoms with van der Waals surface area (Å²) < 4.78 is 5.26. The molecule has 0 spiro atoms. The van der Waals surface area contributed by atoms with Gasteiger partial charge in [-0.15, -0.1) is 0 Å². The topological polar surface area (TPSA) is 38.3 Å². The van der Waals surface area contributed by atoms with Gasteiger partial charge >= 0.3 is 0 Å². The highest BCUT2D eigenvalue weighted by Gasteiger charge is 2.16. The molecule has 3 nitrogen and oxygen atoms in total. The quantitative estimate of drug-likeness (QED) is 0.654. The minimum Gasteiger partial charge on any atom is -0.379 e. The van der Waals surface area contributed by atoms with Crippen molar-refractivity contribution in [1.29, 1.82) is 0 Å². The molecular formula is C10H17NO2. The molecule has 1 aliphatic rings. The van der Waals surface area contributed by atoms with Crippen LogP contribution in [-0.4, -0.2) is 25.2 Å². The maximum Gasteiger partial charge on any atom is 0.246 e. The summed E-state index contributed by atoms with van der Waals surface area (Å²) in [5, 5.41) is 2.94. The highest BCUT2D eigenvalue weighted by atomic mass is 16.5. The molecule has 0 aromatic heterocycles. The van der Waals surface area contributed by atoms with Crippen LogP contribution < -0.4 is 5.32 Å². The van der Waals surface area contributed by atoms with Gasteiger partial charge in [0.1, 0.15) is 0 Å². The third-order valence-electron chi connectivity index (χ3n) is 2.29. The van der Waals surface area contributed by atoms with E-state index in [2.05, 4.69) is 5.32 Å². The molecule has 0 aromatic rings. The molecule has 13 heavy (non-hydrogen) atoms. The van der Waals surface area contributed by atoms with Crippen LogP contribution in [-0.2, 0) is 9.53 Å². The van der Waals surface area contributed by atoms with Crippen LogP contribution in [0.5, 0.6) is 0 Å². The lowest BCUT2D eigenvalue weighted by Gasteiger charge is -2.23. The number of hydrogen-bond acceptors (Lipinski definition) is 2. The first kappa shape index (κ1) is 10.3. The van der Waals surface area contributed by atoms with Gasteiger partial charge in [-0.05, 0) is 26.7 Å². The molecule has 0 bridgehead atoms. The molecule has 0 aromatic carbocycles. The fourth-order valence-electron chi connectivity index (χ4n) is 1.28. The maximum atomic E-state index is 11.4. The molecule has 1 saturated heterocycles. The van der Waals surface area contributed by atoms with Gasteiger partial charge in [-0.1, -0.05) is 6.08 Å². The van der Waals surface area contributed by atoms with E-state index in [1.54, 1.807) is 0 Å². The minimum absolute atomic E-state index is 0.0259. The second-order valence-electron chi connectivity index (χ2n) is 3.36. The molecule has 1 N–H and O–H groups in total. The Balaban J connectivity index is 2.34. The summed E-state index contributed by atoms with van der Waals surface area (Å²) in [5.74, 6) is 0.0259. The number of carbonyl (C=O) groups is 1. The normalized spacial score (nSPS) is 24.2. The second kappa shape index (κ2) is 5.02. The zero-order chi connectivity index (χ0) is 9.68. The highest BCUT2D eigenvalue weighted by molar-refractivity contribution is 5.92. The number of rotatable bonds is 2. The van der Waals surface area contributed by atoms with E-state index >= 15 is 0 Å². The van der Waals surface area contributed by atoms with Crippen molar-refractivity contribution in [3.63, 3.8) is 0 Å². The first-order valence-corrected chi connectivity index (χ1v) is 4.75. The van der Waals surface area contributed by atoms with Gasteiger partial charge in [0.25, 0.3) is 0 Å². The van der Waals surface area contributed by atoms with Crippen LogP contribution in [0.4, 0.5) is 0 Å². The van der Waals surface area contributed by atoms with Gasteiger partial charge < -0.3 is 10.1 Å². The standard InChI is InChI=1S/C10H17NO2/c1-3-8(2)10(12)11-9-5-4-6-13-7-9/h3,9H,4-7H2,1-2H3,(H,11,12)/b8-3-/t9-/m0/s1. The van der Waals surface area contributed by atoms with Crippen LogP contribution in [0.1, 0.15) is 26.7 Å². The zero-order valence-corrected chi connectivity index (χ0v) is 8.30. The van der Waals surface area contributed by atoms with Crippen LogP contribution in [0.15, 0.2) is 11.6 Å². The fraction of sp³-hybridized carbons (Fsp3) is 0.700. The zero-order valence-electron chi connectivity index (χ0n) is 8.30. The van der Waals surface area contributed by atoms with E-state index in [0.29, 0.717) is 6.61 Å². The molecule has 1 atom stereocenters. The molecule has 0 saturated carbocycles. The summed E-state index contributed by atoms with van der Waals surface area (Å²) in [6.07, 6.45) is 3.89. The minimum atomic E-state index is 0.0259. The van der Waals surface area contributed by atoms with Gasteiger partial charge in [0.05, 0.1) is 12.6 Å². The van der Waals surface area contributed by atoms with Crippen molar-refractivity contribution >= 4 is 5.91 Å². The fourth-order valence-corrected chi connectivity index (χ4v) is 1.28. The average molecular weight is 183 g/mol. The molecule has 1 fully saturated rings. The van der Waals surface area contributed by atoms with Crippen LogP contribution >= 0.6 is 0 Å². The van der Waals surface area contributed by atoms with Crippen molar-refractivity contribution in [2.75, 3.05) is 13.2 Å². The number of allylic oxidation sites excluding steroid dienone is 1. The lowest BCUT2D eigenvalue weighted by atomic mass is 10.1. The van der Waals surface area contributed by atoms with Crippen LogP contribution in [0.3, 0.4) is 0 Å². The van der Waals surface area contributed by atoms with E-state index in [9.17, 15) is 4.79 Å². The number of carbonyl (C=O) groups excluding carboxylic acids is 1. The summed E-state index contributed by atoms with van der Waals surface area (Å²) in [6.45, 7) is 5.17. The molecule has 1 aliphatic heterocycles. The number of amides is 1. The predicted molar refractivity (Wildman–Crippen MR) is 51.4 cm³/mol. The SMILES string of the molecule is C/C=C(/C)C(=O)N[C@H]1CCCOC1. The number of nitrogens with one attached hydrogen (secondary N) is 1. The van der Waals surface area contributed by atoms with Gasteiger partial charge in [0, 0.05) is 12.2 Å². The van der Waals surface area contributed by atoms with Crippen molar-refractivity contribution in [2.45, 2.75) is 32.7 Å². The summed E-state index contributed by atoms with van der Waals surface area (Å²) >= 11 is 0. The third kappa shape index (κ3) is 3.19. The molecule has 1 amide bonds. The highest BCUT2D eigenvalue weighted by Crippen LogP contribution is 2.06. The van der Waals surface area contributed by atoms with Gasteiger partial charge in [0.2, 0.25) is 5.91 Å². The van der Waals surface area contributed by atoms with Gasteiger partial charge in [-0.25, -0.2) is 0 Å². The Bertz CT molecular complexity index is 205. The van der Waals surface area contributed by atoms with E-state index in [1.165, 1.54) is 0 Å². The first-order valence-electron chi connectivity index (χ1n) is 4.75. The summed E-state index contributed by atoms with van der Waals surface area (Å²) in [7, 11) is 0. The maximum absolute atomic E-state index is 11.4. The molecule has 74 valence electrons. The monoisotopic (exact) mass is 183 g/mol. The second-order valence-corrected chi connectivity index (χ2v) is 3.36. The summed E-state index contributed by atoms with van der Waals surface area (Å²) in [5.41, 5.74) is 0.769. The van der Waals surface area contributed by atoms with E-state index in [4.69, 9.17) is 4.74 Å². The lowest BCUT2D eigenvalue weighted by Crippen LogP contribution is -2.40. The molecule has 0 aliphatic carbocycles. The van der Waals surface area contributed by atoms with E-state index < -0.39 is 0 Å². The number of hydrogen-bond donors (Lipinski definition) is 1. The van der Waals surface area contributed by atoms with E-state index in [-0.39, 0.29) is 11.9 Å². The Hall–Kier alpha value is -0.830. The Morgan fingerprint density at radius 1 is 1.62 bits per heavy atom. The van der Waals surface area contributed by atoms with Crippen LogP contribution in [0.25, 0.3) is 0 Å². The Morgan fingerprint density at radius 2 is 2.38 bits per heavy atom. The lowest BCUT2D eigenvalue weighted by molar-refractivity contribution is -0.119. The van der Waals surface area contributed by atoms with Crippen molar-refractivity contribution < 1.29 is 9.53 Å². The van der Waals surface area contributed by atoms with E-state index in [1.807, 2.05) is 19.9 Å². The molecule has 0 unspecified atom stereocenters. The van der Waals surface area contributed by atoms with Gasteiger partial charge in [-0.3, -0.25) is 4.79 Å². The molecule has 1 rings (SSSR count). The van der Waals surface area contributed by atoms with Crippen molar-refractivity contribution in [3.8, 4) is 0 Å².